The summed E-state index contributed by atoms with van der Waals surface area (Å²) in [5.41, 5.74) is 5.25. The quantitative estimate of drug-likeness (QED) is 0.542. The third kappa shape index (κ3) is 2.83. The van der Waals surface area contributed by atoms with Gasteiger partial charge in [-0.15, -0.1) is 0 Å². The Morgan fingerprint density at radius 1 is 1.00 bits per heavy atom. The molecule has 2 N–H and O–H groups in total. The van der Waals surface area contributed by atoms with Crippen LogP contribution in [0.4, 0.5) is 5.69 Å². The summed E-state index contributed by atoms with van der Waals surface area (Å²) in [7, 11) is 0. The van der Waals surface area contributed by atoms with Gasteiger partial charge >= 0.3 is 0 Å². The third-order valence-electron chi connectivity index (χ3n) is 5.44. The van der Waals surface area contributed by atoms with Crippen LogP contribution in [0.2, 0.25) is 0 Å². The zero-order chi connectivity index (χ0) is 19.1. The number of nitrogens with one attached hydrogen (secondary N) is 1. The fraction of sp³-hybridized carbons (Fsp3) is 0.125. The van der Waals surface area contributed by atoms with E-state index in [1.165, 1.54) is 5.56 Å². The standard InChI is InChI=1S/C24H20N2O2/c27-18-9-4-8-17(12-18)19-13-23(28)25-21-10-5-11-22-24(21)20(19)15-26(22)14-16-6-2-1-3-7-16/h1-12,15,19,27H,13-14H2,(H,25,28)/t19-/m1/s1. The molecule has 4 nitrogen and oxygen atoms in total. The molecular formula is C24H20N2O2. The second-order valence-electron chi connectivity index (χ2n) is 7.30. The number of rotatable bonds is 3. The van der Waals surface area contributed by atoms with Crippen LogP contribution in [-0.4, -0.2) is 15.6 Å². The maximum atomic E-state index is 12.6. The van der Waals surface area contributed by atoms with Crippen molar-refractivity contribution in [3.05, 3.63) is 95.7 Å². The number of aromatic nitrogens is 1. The van der Waals surface area contributed by atoms with E-state index in [0.717, 1.165) is 34.3 Å². The van der Waals surface area contributed by atoms with Crippen LogP contribution >= 0.6 is 0 Å². The predicted octanol–water partition coefficient (Wildman–Crippen LogP) is 4.87. The number of amides is 1. The van der Waals surface area contributed by atoms with Gasteiger partial charge in [0.15, 0.2) is 0 Å². The summed E-state index contributed by atoms with van der Waals surface area (Å²) >= 11 is 0. The molecule has 0 saturated carbocycles. The number of carbonyl (C=O) groups is 1. The molecule has 5 rings (SSSR count). The summed E-state index contributed by atoms with van der Waals surface area (Å²) < 4.78 is 2.25. The Hall–Kier alpha value is -3.53. The minimum absolute atomic E-state index is 0.00773. The van der Waals surface area contributed by atoms with Crippen LogP contribution in [0.25, 0.3) is 10.9 Å². The van der Waals surface area contributed by atoms with Gasteiger partial charge in [0.1, 0.15) is 5.75 Å². The van der Waals surface area contributed by atoms with Crippen molar-refractivity contribution in [1.29, 1.82) is 0 Å². The Balaban J connectivity index is 1.71. The minimum atomic E-state index is -0.102. The van der Waals surface area contributed by atoms with E-state index in [4.69, 9.17) is 0 Å². The summed E-state index contributed by atoms with van der Waals surface area (Å²) in [6.07, 6.45) is 2.51. The van der Waals surface area contributed by atoms with Gasteiger partial charge in [0, 0.05) is 30.5 Å². The molecular weight excluding hydrogens is 348 g/mol. The van der Waals surface area contributed by atoms with Gasteiger partial charge in [-0.25, -0.2) is 0 Å². The van der Waals surface area contributed by atoms with Gasteiger partial charge in [0.25, 0.3) is 0 Å². The largest absolute Gasteiger partial charge is 0.508 e. The summed E-state index contributed by atoms with van der Waals surface area (Å²) in [6.45, 7) is 0.765. The molecule has 0 radical (unpaired) electrons. The molecule has 0 saturated heterocycles. The number of phenolic OH excluding ortho intramolecular Hbond substituents is 1. The molecule has 1 atom stereocenters. The molecule has 138 valence electrons. The normalized spacial score (nSPS) is 16.0. The van der Waals surface area contributed by atoms with Crippen molar-refractivity contribution in [3.63, 3.8) is 0 Å². The Labute approximate surface area is 163 Å². The van der Waals surface area contributed by atoms with Crippen LogP contribution in [-0.2, 0) is 11.3 Å². The van der Waals surface area contributed by atoms with E-state index in [0.29, 0.717) is 6.42 Å². The van der Waals surface area contributed by atoms with Gasteiger partial charge in [-0.3, -0.25) is 4.79 Å². The van der Waals surface area contributed by atoms with Crippen LogP contribution in [0.1, 0.15) is 29.0 Å². The lowest BCUT2D eigenvalue weighted by molar-refractivity contribution is -0.116. The van der Waals surface area contributed by atoms with Crippen LogP contribution in [0, 0.1) is 0 Å². The average Bonchev–Trinajstić information content (AvgIpc) is 2.98. The zero-order valence-corrected chi connectivity index (χ0v) is 15.3. The second kappa shape index (κ2) is 6.57. The number of aromatic hydroxyl groups is 1. The summed E-state index contributed by atoms with van der Waals surface area (Å²) in [4.78, 5) is 12.6. The SMILES string of the molecule is O=C1C[C@H](c2cccc(O)c2)c2cn(Cc3ccccc3)c3cccc(c23)N1. The smallest absolute Gasteiger partial charge is 0.225 e. The van der Waals surface area contributed by atoms with Crippen molar-refractivity contribution in [2.45, 2.75) is 18.9 Å². The molecule has 0 bridgehead atoms. The van der Waals surface area contributed by atoms with E-state index in [1.54, 1.807) is 12.1 Å². The number of hydrogen-bond acceptors (Lipinski definition) is 2. The maximum Gasteiger partial charge on any atom is 0.225 e. The highest BCUT2D eigenvalue weighted by Crippen LogP contribution is 2.41. The molecule has 28 heavy (non-hydrogen) atoms. The average molecular weight is 368 g/mol. The molecule has 2 heterocycles. The van der Waals surface area contributed by atoms with E-state index < -0.39 is 0 Å². The van der Waals surface area contributed by atoms with Crippen molar-refractivity contribution in [3.8, 4) is 5.75 Å². The number of hydrogen-bond donors (Lipinski definition) is 2. The zero-order valence-electron chi connectivity index (χ0n) is 15.3. The highest BCUT2D eigenvalue weighted by Gasteiger charge is 2.28. The number of benzene rings is 3. The van der Waals surface area contributed by atoms with E-state index in [9.17, 15) is 9.90 Å². The third-order valence-corrected chi connectivity index (χ3v) is 5.44. The number of anilines is 1. The van der Waals surface area contributed by atoms with Gasteiger partial charge in [-0.1, -0.05) is 48.5 Å². The van der Waals surface area contributed by atoms with Gasteiger partial charge in [0.2, 0.25) is 5.91 Å². The van der Waals surface area contributed by atoms with E-state index >= 15 is 0 Å². The Morgan fingerprint density at radius 3 is 2.64 bits per heavy atom. The molecule has 3 aromatic carbocycles. The lowest BCUT2D eigenvalue weighted by Crippen LogP contribution is -2.13. The van der Waals surface area contributed by atoms with E-state index in [-0.39, 0.29) is 17.6 Å². The topological polar surface area (TPSA) is 54.3 Å². The molecule has 0 unspecified atom stereocenters. The first-order chi connectivity index (χ1) is 13.7. The minimum Gasteiger partial charge on any atom is -0.508 e. The lowest BCUT2D eigenvalue weighted by Gasteiger charge is -2.14. The van der Waals surface area contributed by atoms with Crippen molar-refractivity contribution in [1.82, 2.24) is 4.57 Å². The fourth-order valence-corrected chi connectivity index (χ4v) is 4.20. The first kappa shape index (κ1) is 16.6. The van der Waals surface area contributed by atoms with Gasteiger partial charge < -0.3 is 15.0 Å². The summed E-state index contributed by atoms with van der Waals surface area (Å²) in [5, 5.41) is 14.1. The first-order valence-electron chi connectivity index (χ1n) is 9.43. The molecule has 0 aliphatic carbocycles. The van der Waals surface area contributed by atoms with Crippen molar-refractivity contribution in [2.24, 2.45) is 0 Å². The maximum absolute atomic E-state index is 12.6. The Bertz CT molecular complexity index is 1180. The molecule has 1 aliphatic heterocycles. The molecule has 0 fully saturated rings. The first-order valence-corrected chi connectivity index (χ1v) is 9.43. The molecule has 0 spiro atoms. The fourth-order valence-electron chi connectivity index (χ4n) is 4.20. The molecule has 4 heteroatoms. The van der Waals surface area contributed by atoms with E-state index in [1.807, 2.05) is 42.5 Å². The molecule has 1 amide bonds. The van der Waals surface area contributed by atoms with Crippen LogP contribution in [0.15, 0.2) is 79.0 Å². The predicted molar refractivity (Wildman–Crippen MR) is 111 cm³/mol. The molecule has 1 aromatic heterocycles. The number of nitrogens with zero attached hydrogens (tertiary/aromatic N) is 1. The van der Waals surface area contributed by atoms with Crippen molar-refractivity contribution in [2.75, 3.05) is 5.32 Å². The monoisotopic (exact) mass is 368 g/mol. The highest BCUT2D eigenvalue weighted by molar-refractivity contribution is 6.06. The van der Waals surface area contributed by atoms with Crippen molar-refractivity contribution < 1.29 is 9.90 Å². The Morgan fingerprint density at radius 2 is 1.82 bits per heavy atom. The highest BCUT2D eigenvalue weighted by atomic mass is 16.3. The van der Waals surface area contributed by atoms with E-state index in [2.05, 4.69) is 34.3 Å². The van der Waals surface area contributed by atoms with Crippen LogP contribution < -0.4 is 5.32 Å². The van der Waals surface area contributed by atoms with Crippen molar-refractivity contribution >= 4 is 22.5 Å². The van der Waals surface area contributed by atoms with Gasteiger partial charge in [-0.05, 0) is 41.0 Å². The number of phenols is 1. The van der Waals surface area contributed by atoms with Crippen LogP contribution in [0.3, 0.4) is 0 Å². The second-order valence-corrected chi connectivity index (χ2v) is 7.30. The molecule has 4 aromatic rings. The molecule has 1 aliphatic rings. The van der Waals surface area contributed by atoms with Crippen LogP contribution in [0.5, 0.6) is 5.75 Å². The summed E-state index contributed by atoms with van der Waals surface area (Å²) in [5.74, 6) is 0.109. The number of carbonyl (C=O) groups excluding carboxylic acids is 1. The lowest BCUT2D eigenvalue weighted by atomic mass is 9.88. The Kier molecular flexibility index (Phi) is 3.90. The van der Waals surface area contributed by atoms with Gasteiger partial charge in [0.05, 0.1) is 11.2 Å². The summed E-state index contributed by atoms with van der Waals surface area (Å²) in [6, 6.07) is 23.6. The van der Waals surface area contributed by atoms with Gasteiger partial charge in [-0.2, -0.15) is 0 Å².